The number of hydrogen-bond acceptors (Lipinski definition) is 5. The van der Waals surface area contributed by atoms with Crippen LogP contribution in [-0.4, -0.2) is 47.6 Å². The van der Waals surface area contributed by atoms with Crippen molar-refractivity contribution in [2.24, 2.45) is 0 Å². The molecule has 0 aliphatic carbocycles. The number of hydrogen-bond donors (Lipinski definition) is 1. The third-order valence-electron chi connectivity index (χ3n) is 4.33. The second-order valence-corrected chi connectivity index (χ2v) is 8.40. The summed E-state index contributed by atoms with van der Waals surface area (Å²) in [5.41, 5.74) is 1.77. The highest BCUT2D eigenvalue weighted by Crippen LogP contribution is 2.34. The summed E-state index contributed by atoms with van der Waals surface area (Å²) in [7, 11) is -0.347. The molecule has 1 N–H and O–H groups in total. The molecular weight excluding hydrogens is 338 g/mol. The van der Waals surface area contributed by atoms with Crippen LogP contribution in [0.2, 0.25) is 0 Å². The van der Waals surface area contributed by atoms with E-state index in [1.54, 1.807) is 20.3 Å². The standard InChI is InChI=1S/C17H23N5O2S/c1-13-7-5-11-18-17(13)20-16-10-4-8-14(19-16)15-9-6-12-22(15)25(23,24)21(2)3/h4-5,7-8,10-11,15H,6,9,12H2,1-3H3,(H,18,19,20)/t15-/m1/s1. The van der Waals surface area contributed by atoms with Crippen LogP contribution in [0.5, 0.6) is 0 Å². The number of aromatic nitrogens is 2. The third-order valence-corrected chi connectivity index (χ3v) is 6.28. The number of nitrogens with one attached hydrogen (secondary N) is 1. The predicted octanol–water partition coefficient (Wildman–Crippen LogP) is 2.47. The molecule has 0 aromatic carbocycles. The topological polar surface area (TPSA) is 78.4 Å². The zero-order chi connectivity index (χ0) is 18.0. The van der Waals surface area contributed by atoms with Crippen molar-refractivity contribution in [1.82, 2.24) is 18.6 Å². The summed E-state index contributed by atoms with van der Waals surface area (Å²) in [6.45, 7) is 2.49. The van der Waals surface area contributed by atoms with Crippen LogP contribution in [-0.2, 0) is 10.2 Å². The van der Waals surface area contributed by atoms with Crippen LogP contribution in [0.15, 0.2) is 36.5 Å². The van der Waals surface area contributed by atoms with E-state index in [1.807, 2.05) is 37.3 Å². The van der Waals surface area contributed by atoms with E-state index < -0.39 is 10.2 Å². The van der Waals surface area contributed by atoms with E-state index in [0.717, 1.165) is 29.9 Å². The maximum Gasteiger partial charge on any atom is 0.282 e. The summed E-state index contributed by atoms with van der Waals surface area (Å²) in [4.78, 5) is 8.95. The van der Waals surface area contributed by atoms with Gasteiger partial charge in [-0.1, -0.05) is 12.1 Å². The summed E-state index contributed by atoms with van der Waals surface area (Å²) >= 11 is 0. The van der Waals surface area contributed by atoms with Gasteiger partial charge in [0, 0.05) is 26.8 Å². The van der Waals surface area contributed by atoms with E-state index in [1.165, 1.54) is 8.61 Å². The molecule has 3 heterocycles. The van der Waals surface area contributed by atoms with Crippen molar-refractivity contribution in [2.75, 3.05) is 26.0 Å². The molecule has 0 radical (unpaired) electrons. The van der Waals surface area contributed by atoms with Gasteiger partial charge in [-0.3, -0.25) is 0 Å². The van der Waals surface area contributed by atoms with Crippen LogP contribution in [0.4, 0.5) is 11.6 Å². The minimum Gasteiger partial charge on any atom is -0.325 e. The number of anilines is 2. The van der Waals surface area contributed by atoms with Crippen LogP contribution in [0.25, 0.3) is 0 Å². The quantitative estimate of drug-likeness (QED) is 0.885. The first-order chi connectivity index (χ1) is 11.9. The van der Waals surface area contributed by atoms with Crippen LogP contribution in [0, 0.1) is 6.92 Å². The Bertz CT molecular complexity index is 854. The highest BCUT2D eigenvalue weighted by atomic mass is 32.2. The Balaban J connectivity index is 1.87. The minimum atomic E-state index is -3.46. The van der Waals surface area contributed by atoms with Gasteiger partial charge in [0.15, 0.2) is 0 Å². The normalized spacial score (nSPS) is 18.6. The van der Waals surface area contributed by atoms with Crippen LogP contribution in [0.1, 0.15) is 30.1 Å². The summed E-state index contributed by atoms with van der Waals surface area (Å²) in [6, 6.07) is 9.25. The molecule has 0 spiro atoms. The van der Waals surface area contributed by atoms with Crippen LogP contribution < -0.4 is 5.32 Å². The molecule has 1 aliphatic rings. The molecule has 1 saturated heterocycles. The summed E-state index contributed by atoms with van der Waals surface area (Å²) < 4.78 is 27.9. The molecule has 0 saturated carbocycles. The lowest BCUT2D eigenvalue weighted by molar-refractivity contribution is 0.358. The molecule has 1 aliphatic heterocycles. The first-order valence-electron chi connectivity index (χ1n) is 8.24. The lowest BCUT2D eigenvalue weighted by Crippen LogP contribution is -2.39. The van der Waals surface area contributed by atoms with E-state index in [-0.39, 0.29) is 6.04 Å². The molecule has 2 aromatic heterocycles. The van der Waals surface area contributed by atoms with Gasteiger partial charge in [0.1, 0.15) is 11.6 Å². The first kappa shape index (κ1) is 17.8. The lowest BCUT2D eigenvalue weighted by atomic mass is 10.1. The number of nitrogens with zero attached hydrogens (tertiary/aromatic N) is 4. The summed E-state index contributed by atoms with van der Waals surface area (Å²) in [6.07, 6.45) is 3.32. The summed E-state index contributed by atoms with van der Waals surface area (Å²) in [5.74, 6) is 1.41. The molecular formula is C17H23N5O2S. The fraction of sp³-hybridized carbons (Fsp3) is 0.412. The number of pyridine rings is 2. The van der Waals surface area contributed by atoms with Crippen molar-refractivity contribution >= 4 is 21.8 Å². The molecule has 1 atom stereocenters. The average Bonchev–Trinajstić information content (AvgIpc) is 3.07. The highest BCUT2D eigenvalue weighted by molar-refractivity contribution is 7.86. The van der Waals surface area contributed by atoms with Gasteiger partial charge in [-0.25, -0.2) is 9.97 Å². The number of rotatable bonds is 5. The van der Waals surface area contributed by atoms with E-state index in [4.69, 9.17) is 0 Å². The maximum absolute atomic E-state index is 12.5. The highest BCUT2D eigenvalue weighted by Gasteiger charge is 2.37. The Hall–Kier alpha value is -2.03. The van der Waals surface area contributed by atoms with Crippen molar-refractivity contribution in [3.8, 4) is 0 Å². The molecule has 0 amide bonds. The Morgan fingerprint density at radius 2 is 2.04 bits per heavy atom. The Morgan fingerprint density at radius 1 is 1.24 bits per heavy atom. The lowest BCUT2D eigenvalue weighted by Gasteiger charge is -2.26. The van der Waals surface area contributed by atoms with Gasteiger partial charge in [-0.2, -0.15) is 17.0 Å². The molecule has 0 bridgehead atoms. The van der Waals surface area contributed by atoms with Gasteiger partial charge >= 0.3 is 0 Å². The monoisotopic (exact) mass is 361 g/mol. The molecule has 2 aromatic rings. The minimum absolute atomic E-state index is 0.237. The van der Waals surface area contributed by atoms with Gasteiger partial charge in [0.25, 0.3) is 10.2 Å². The molecule has 1 fully saturated rings. The van der Waals surface area contributed by atoms with E-state index in [9.17, 15) is 8.42 Å². The molecule has 25 heavy (non-hydrogen) atoms. The molecule has 134 valence electrons. The second-order valence-electron chi connectivity index (χ2n) is 6.30. The Morgan fingerprint density at radius 3 is 2.76 bits per heavy atom. The Kier molecular flexibility index (Phi) is 5.03. The Labute approximate surface area is 148 Å². The SMILES string of the molecule is Cc1cccnc1Nc1cccc([C@H]2CCCN2S(=O)(=O)N(C)C)n1. The van der Waals surface area contributed by atoms with Gasteiger partial charge in [0.05, 0.1) is 11.7 Å². The fourth-order valence-electron chi connectivity index (χ4n) is 2.97. The smallest absolute Gasteiger partial charge is 0.282 e. The van der Waals surface area contributed by atoms with E-state index in [2.05, 4.69) is 15.3 Å². The van der Waals surface area contributed by atoms with Crippen molar-refractivity contribution in [1.29, 1.82) is 0 Å². The van der Waals surface area contributed by atoms with Crippen LogP contribution in [0.3, 0.4) is 0 Å². The zero-order valence-corrected chi connectivity index (χ0v) is 15.5. The predicted molar refractivity (Wildman–Crippen MR) is 97.8 cm³/mol. The van der Waals surface area contributed by atoms with Crippen molar-refractivity contribution in [2.45, 2.75) is 25.8 Å². The van der Waals surface area contributed by atoms with Crippen LogP contribution >= 0.6 is 0 Å². The van der Waals surface area contributed by atoms with Gasteiger partial charge in [-0.05, 0) is 43.5 Å². The molecule has 3 rings (SSSR count). The molecule has 7 nitrogen and oxygen atoms in total. The van der Waals surface area contributed by atoms with Crippen molar-refractivity contribution in [3.05, 3.63) is 47.8 Å². The van der Waals surface area contributed by atoms with Crippen molar-refractivity contribution in [3.63, 3.8) is 0 Å². The zero-order valence-electron chi connectivity index (χ0n) is 14.7. The second kappa shape index (κ2) is 7.07. The average molecular weight is 361 g/mol. The van der Waals surface area contributed by atoms with Gasteiger partial charge in [-0.15, -0.1) is 0 Å². The maximum atomic E-state index is 12.5. The number of aryl methyl sites for hydroxylation is 1. The summed E-state index contributed by atoms with van der Waals surface area (Å²) in [5, 5.41) is 3.21. The van der Waals surface area contributed by atoms with E-state index >= 15 is 0 Å². The first-order valence-corrected chi connectivity index (χ1v) is 9.64. The third kappa shape index (κ3) is 3.65. The fourth-order valence-corrected chi connectivity index (χ4v) is 4.28. The van der Waals surface area contributed by atoms with Gasteiger partial charge in [0.2, 0.25) is 0 Å². The largest absolute Gasteiger partial charge is 0.325 e. The van der Waals surface area contributed by atoms with E-state index in [0.29, 0.717) is 12.4 Å². The molecule has 8 heteroatoms. The molecule has 0 unspecified atom stereocenters. The van der Waals surface area contributed by atoms with Gasteiger partial charge < -0.3 is 5.32 Å². The van der Waals surface area contributed by atoms with Crippen molar-refractivity contribution < 1.29 is 8.42 Å².